The summed E-state index contributed by atoms with van der Waals surface area (Å²) in [4.78, 5) is 12.4. The van der Waals surface area contributed by atoms with Gasteiger partial charge in [-0.3, -0.25) is 4.79 Å². The van der Waals surface area contributed by atoms with Crippen molar-refractivity contribution in [3.8, 4) is 11.1 Å². The zero-order valence-electron chi connectivity index (χ0n) is 12.9. The van der Waals surface area contributed by atoms with Gasteiger partial charge in [0.1, 0.15) is 12.1 Å². The number of nitrogens with two attached hydrogens (primary N) is 1. The first kappa shape index (κ1) is 14.2. The highest BCUT2D eigenvalue weighted by molar-refractivity contribution is 5.82. The molecule has 0 heterocycles. The van der Waals surface area contributed by atoms with E-state index in [0.717, 1.165) is 0 Å². The summed E-state index contributed by atoms with van der Waals surface area (Å²) in [6, 6.07) is 16.6. The molecule has 2 aromatic carbocycles. The van der Waals surface area contributed by atoms with E-state index in [4.69, 9.17) is 10.5 Å². The molecule has 0 atom stereocenters. The van der Waals surface area contributed by atoms with Gasteiger partial charge in [-0.15, -0.1) is 0 Å². The van der Waals surface area contributed by atoms with E-state index in [-0.39, 0.29) is 11.9 Å². The molecule has 0 amide bonds. The van der Waals surface area contributed by atoms with E-state index in [1.807, 2.05) is 36.4 Å². The van der Waals surface area contributed by atoms with Crippen molar-refractivity contribution < 1.29 is 9.53 Å². The first-order valence-electron chi connectivity index (χ1n) is 7.98. The summed E-state index contributed by atoms with van der Waals surface area (Å²) in [5, 5.41) is 0. The molecule has 0 saturated heterocycles. The van der Waals surface area contributed by atoms with Crippen molar-refractivity contribution in [3.05, 3.63) is 71.8 Å². The highest BCUT2D eigenvalue weighted by atomic mass is 16.5. The van der Waals surface area contributed by atoms with Crippen molar-refractivity contribution in [2.45, 2.75) is 24.3 Å². The Balaban J connectivity index is 1.59. The molecule has 0 radical (unpaired) electrons. The monoisotopic (exact) mass is 305 g/mol. The Labute approximate surface area is 135 Å². The van der Waals surface area contributed by atoms with Crippen LogP contribution in [0.25, 0.3) is 11.1 Å². The van der Waals surface area contributed by atoms with Gasteiger partial charge in [0.15, 0.2) is 0 Å². The Kier molecular flexibility index (Phi) is 3.31. The normalized spacial score (nSPS) is 17.8. The highest BCUT2D eigenvalue weighted by Gasteiger charge is 2.37. The van der Waals surface area contributed by atoms with Gasteiger partial charge >= 0.3 is 5.97 Å². The number of carbonyl (C=O) groups is 1. The smallest absolute Gasteiger partial charge is 0.326 e. The largest absolute Gasteiger partial charge is 0.463 e. The lowest BCUT2D eigenvalue weighted by molar-refractivity contribution is -0.150. The van der Waals surface area contributed by atoms with Crippen LogP contribution in [0.3, 0.4) is 0 Å². The number of ether oxygens (including phenoxy) is 1. The number of carbonyl (C=O) groups excluding carboxylic acids is 1. The minimum Gasteiger partial charge on any atom is -0.463 e. The SMILES string of the molecule is NC1(C(=O)OCC2c3ccccc3-c3ccccc32)CC=CC1. The third kappa shape index (κ3) is 2.28. The average molecular weight is 305 g/mol. The minimum absolute atomic E-state index is 0.0873. The van der Waals surface area contributed by atoms with Gasteiger partial charge in [-0.25, -0.2) is 0 Å². The van der Waals surface area contributed by atoms with Crippen LogP contribution in [0, 0.1) is 0 Å². The van der Waals surface area contributed by atoms with Gasteiger partial charge < -0.3 is 10.5 Å². The first-order chi connectivity index (χ1) is 11.2. The number of hydrogen-bond acceptors (Lipinski definition) is 3. The second kappa shape index (κ2) is 5.36. The van der Waals surface area contributed by atoms with E-state index in [1.54, 1.807) is 0 Å². The molecule has 2 aliphatic rings. The predicted octanol–water partition coefficient (Wildman–Crippen LogP) is 3.39. The van der Waals surface area contributed by atoms with Crippen molar-refractivity contribution in [2.24, 2.45) is 5.73 Å². The maximum absolute atomic E-state index is 12.4. The third-order valence-electron chi connectivity index (χ3n) is 4.88. The molecule has 116 valence electrons. The van der Waals surface area contributed by atoms with Crippen LogP contribution >= 0.6 is 0 Å². The summed E-state index contributed by atoms with van der Waals surface area (Å²) in [6.45, 7) is 0.339. The van der Waals surface area contributed by atoms with Crippen LogP contribution in [-0.2, 0) is 9.53 Å². The van der Waals surface area contributed by atoms with Gasteiger partial charge in [0.25, 0.3) is 0 Å². The second-order valence-corrected chi connectivity index (χ2v) is 6.36. The van der Waals surface area contributed by atoms with Gasteiger partial charge in [-0.1, -0.05) is 60.7 Å². The van der Waals surface area contributed by atoms with Gasteiger partial charge in [0.2, 0.25) is 0 Å². The summed E-state index contributed by atoms with van der Waals surface area (Å²) in [7, 11) is 0. The molecule has 0 saturated carbocycles. The molecule has 3 heteroatoms. The number of hydrogen-bond donors (Lipinski definition) is 1. The van der Waals surface area contributed by atoms with Crippen molar-refractivity contribution in [1.82, 2.24) is 0 Å². The van der Waals surface area contributed by atoms with Crippen molar-refractivity contribution in [3.63, 3.8) is 0 Å². The van der Waals surface area contributed by atoms with Crippen LogP contribution in [0.2, 0.25) is 0 Å². The van der Waals surface area contributed by atoms with Crippen molar-refractivity contribution in [1.29, 1.82) is 0 Å². The minimum atomic E-state index is -0.877. The van der Waals surface area contributed by atoms with Crippen LogP contribution in [0.15, 0.2) is 60.7 Å². The maximum Gasteiger partial charge on any atom is 0.326 e. The van der Waals surface area contributed by atoms with E-state index in [9.17, 15) is 4.79 Å². The number of rotatable bonds is 3. The molecule has 0 unspecified atom stereocenters. The van der Waals surface area contributed by atoms with E-state index in [0.29, 0.717) is 19.4 Å². The van der Waals surface area contributed by atoms with E-state index in [1.165, 1.54) is 22.3 Å². The molecule has 4 rings (SSSR count). The van der Waals surface area contributed by atoms with Crippen LogP contribution in [0.4, 0.5) is 0 Å². The summed E-state index contributed by atoms with van der Waals surface area (Å²) < 4.78 is 5.62. The molecule has 0 aromatic heterocycles. The zero-order valence-corrected chi connectivity index (χ0v) is 12.9. The summed E-state index contributed by atoms with van der Waals surface area (Å²) in [5.74, 6) is -0.214. The molecule has 0 bridgehead atoms. The fourth-order valence-electron chi connectivity index (χ4n) is 3.58. The third-order valence-corrected chi connectivity index (χ3v) is 4.88. The fraction of sp³-hybridized carbons (Fsp3) is 0.250. The van der Waals surface area contributed by atoms with Crippen LogP contribution in [-0.4, -0.2) is 18.1 Å². The number of fused-ring (bicyclic) bond motifs is 3. The van der Waals surface area contributed by atoms with E-state index in [2.05, 4.69) is 24.3 Å². The first-order valence-corrected chi connectivity index (χ1v) is 7.98. The topological polar surface area (TPSA) is 52.3 Å². The molecular formula is C20H19NO2. The second-order valence-electron chi connectivity index (χ2n) is 6.36. The summed E-state index contributed by atoms with van der Waals surface area (Å²) in [6.07, 6.45) is 5.01. The van der Waals surface area contributed by atoms with Gasteiger partial charge in [-0.2, -0.15) is 0 Å². The molecular weight excluding hydrogens is 286 g/mol. The average Bonchev–Trinajstić information content (AvgIpc) is 3.16. The Morgan fingerprint density at radius 2 is 1.52 bits per heavy atom. The van der Waals surface area contributed by atoms with Gasteiger partial charge in [0.05, 0.1) is 0 Å². The molecule has 2 N–H and O–H groups in total. The van der Waals surface area contributed by atoms with E-state index < -0.39 is 5.54 Å². The molecule has 0 spiro atoms. The van der Waals surface area contributed by atoms with Crippen molar-refractivity contribution >= 4 is 5.97 Å². The molecule has 23 heavy (non-hydrogen) atoms. The lowest BCUT2D eigenvalue weighted by atomic mass is 9.97. The standard InChI is InChI=1S/C20H19NO2/c21-20(11-5-6-12-20)19(22)23-13-18-16-9-3-1-7-14(16)15-8-2-4-10-17(15)18/h1-10,18H,11-13,21H2. The molecule has 0 aliphatic heterocycles. The summed E-state index contributed by atoms with van der Waals surface area (Å²) >= 11 is 0. The molecule has 3 nitrogen and oxygen atoms in total. The lowest BCUT2D eigenvalue weighted by Gasteiger charge is -2.23. The molecule has 2 aliphatic carbocycles. The molecule has 2 aromatic rings. The fourth-order valence-corrected chi connectivity index (χ4v) is 3.58. The molecule has 0 fully saturated rings. The number of benzene rings is 2. The number of esters is 1. The Bertz CT molecular complexity index is 740. The van der Waals surface area contributed by atoms with E-state index >= 15 is 0 Å². The van der Waals surface area contributed by atoms with Gasteiger partial charge in [-0.05, 0) is 35.1 Å². The highest BCUT2D eigenvalue weighted by Crippen LogP contribution is 2.44. The van der Waals surface area contributed by atoms with Gasteiger partial charge in [0, 0.05) is 5.92 Å². The van der Waals surface area contributed by atoms with Crippen LogP contribution < -0.4 is 5.73 Å². The lowest BCUT2D eigenvalue weighted by Crippen LogP contribution is -2.47. The van der Waals surface area contributed by atoms with Crippen LogP contribution in [0.5, 0.6) is 0 Å². The quantitative estimate of drug-likeness (QED) is 0.698. The Hall–Kier alpha value is -2.39. The summed E-state index contributed by atoms with van der Waals surface area (Å²) in [5.41, 5.74) is 10.2. The maximum atomic E-state index is 12.4. The Morgan fingerprint density at radius 1 is 1.00 bits per heavy atom. The van der Waals surface area contributed by atoms with Crippen molar-refractivity contribution in [2.75, 3.05) is 6.61 Å². The van der Waals surface area contributed by atoms with Crippen LogP contribution in [0.1, 0.15) is 29.9 Å². The Morgan fingerprint density at radius 3 is 2.09 bits per heavy atom. The zero-order chi connectivity index (χ0) is 15.9. The predicted molar refractivity (Wildman–Crippen MR) is 90.0 cm³/mol.